The molecule has 1 aromatic carbocycles. The van der Waals surface area contributed by atoms with Crippen LogP contribution in [0.2, 0.25) is 0 Å². The van der Waals surface area contributed by atoms with E-state index in [-0.39, 0.29) is 10.1 Å². The van der Waals surface area contributed by atoms with E-state index in [1.807, 2.05) is 26.0 Å². The maximum Gasteiger partial charge on any atom is 0.304 e. The van der Waals surface area contributed by atoms with E-state index < -0.39 is 10.1 Å². The number of benzene rings is 1. The summed E-state index contributed by atoms with van der Waals surface area (Å²) < 4.78 is 32.8. The summed E-state index contributed by atoms with van der Waals surface area (Å²) in [5.74, 6) is 1.32. The number of rotatable bonds is 4. The Bertz CT molecular complexity index is 1250. The van der Waals surface area contributed by atoms with Crippen molar-refractivity contribution in [3.8, 4) is 11.1 Å². The third-order valence-electron chi connectivity index (χ3n) is 5.11. The number of hydrogen-bond donors (Lipinski definition) is 1. The van der Waals surface area contributed by atoms with Crippen LogP contribution in [0, 0.1) is 20.8 Å². The first-order chi connectivity index (χ1) is 14.1. The lowest BCUT2D eigenvalue weighted by molar-refractivity contribution is -0.119. The van der Waals surface area contributed by atoms with Crippen LogP contribution in [0.15, 0.2) is 34.5 Å². The molecule has 0 fully saturated rings. The molecular formula is C21H21N3O4S2. The summed E-state index contributed by atoms with van der Waals surface area (Å²) in [5.41, 5.74) is 3.97. The van der Waals surface area contributed by atoms with Gasteiger partial charge in [-0.25, -0.2) is 9.97 Å². The monoisotopic (exact) mass is 443 g/mol. The smallest absolute Gasteiger partial charge is 0.292 e. The Morgan fingerprint density at radius 1 is 1.10 bits per heavy atom. The van der Waals surface area contributed by atoms with Gasteiger partial charge in [-0.3, -0.25) is 14.2 Å². The first-order valence-electron chi connectivity index (χ1n) is 9.45. The van der Waals surface area contributed by atoms with Gasteiger partial charge in [0.05, 0.1) is 6.54 Å². The zero-order valence-electron chi connectivity index (χ0n) is 16.8. The van der Waals surface area contributed by atoms with Crippen LogP contribution in [0.1, 0.15) is 33.9 Å². The van der Waals surface area contributed by atoms with E-state index in [1.54, 1.807) is 30.0 Å². The molecule has 4 rings (SSSR count). The molecule has 0 bridgehead atoms. The standard InChI is InChI=1S/C21H21N3O4S2/c1-12-10-18(21(29-12)30(26,27)28)16-6-4-15(5-7-16)11-24-19(25)9-8-17-13(2)22-14(3)23-20(17)24/h4-7,10H,8-9,11H2,1-3H3,(H,26,27,28). The van der Waals surface area contributed by atoms with Crippen LogP contribution in [-0.4, -0.2) is 28.8 Å². The molecule has 1 amide bonds. The zero-order valence-corrected chi connectivity index (χ0v) is 18.5. The van der Waals surface area contributed by atoms with Crippen molar-refractivity contribution in [3.63, 3.8) is 0 Å². The molecule has 3 aromatic rings. The van der Waals surface area contributed by atoms with Gasteiger partial charge in [0.2, 0.25) is 5.91 Å². The van der Waals surface area contributed by atoms with E-state index in [4.69, 9.17) is 0 Å². The molecule has 7 nitrogen and oxygen atoms in total. The van der Waals surface area contributed by atoms with Gasteiger partial charge in [-0.2, -0.15) is 8.42 Å². The number of carbonyl (C=O) groups excluding carboxylic acids is 1. The van der Waals surface area contributed by atoms with E-state index in [0.29, 0.717) is 42.2 Å². The summed E-state index contributed by atoms with van der Waals surface area (Å²) in [6.07, 6.45) is 1.07. The van der Waals surface area contributed by atoms with Crippen molar-refractivity contribution in [1.82, 2.24) is 9.97 Å². The molecule has 3 heterocycles. The Balaban J connectivity index is 1.65. The maximum absolute atomic E-state index is 12.6. The van der Waals surface area contributed by atoms with E-state index in [1.165, 1.54) is 0 Å². The third kappa shape index (κ3) is 3.88. The van der Waals surface area contributed by atoms with Crippen molar-refractivity contribution in [2.75, 3.05) is 4.90 Å². The minimum atomic E-state index is -4.29. The van der Waals surface area contributed by atoms with Crippen LogP contribution < -0.4 is 4.90 Å². The van der Waals surface area contributed by atoms with Crippen molar-refractivity contribution in [3.05, 3.63) is 57.9 Å². The SMILES string of the molecule is Cc1nc(C)c2c(n1)N(Cc1ccc(-c3cc(C)sc3S(=O)(=O)O)cc1)C(=O)CC2. The lowest BCUT2D eigenvalue weighted by Gasteiger charge is -2.29. The number of aromatic nitrogens is 2. The molecule has 30 heavy (non-hydrogen) atoms. The van der Waals surface area contributed by atoms with Crippen molar-refractivity contribution in [2.24, 2.45) is 0 Å². The average molecular weight is 444 g/mol. The maximum atomic E-state index is 12.6. The molecule has 9 heteroatoms. The highest BCUT2D eigenvalue weighted by Crippen LogP contribution is 2.35. The topological polar surface area (TPSA) is 100 Å². The first kappa shape index (κ1) is 20.6. The number of nitrogens with zero attached hydrogens (tertiary/aromatic N) is 3. The molecule has 0 saturated carbocycles. The predicted octanol–water partition coefficient (Wildman–Crippen LogP) is 3.86. The molecule has 1 aliphatic rings. The minimum absolute atomic E-state index is 0.0196. The summed E-state index contributed by atoms with van der Waals surface area (Å²) >= 11 is 1.04. The van der Waals surface area contributed by atoms with Crippen molar-refractivity contribution >= 4 is 33.2 Å². The van der Waals surface area contributed by atoms with Crippen molar-refractivity contribution in [2.45, 2.75) is 44.4 Å². The Labute approximate surface area is 179 Å². The third-order valence-corrected chi connectivity index (χ3v) is 7.53. The molecule has 0 saturated heterocycles. The molecule has 0 atom stereocenters. The number of amides is 1. The predicted molar refractivity (Wildman–Crippen MR) is 115 cm³/mol. The second-order valence-electron chi connectivity index (χ2n) is 7.37. The average Bonchev–Trinajstić information content (AvgIpc) is 3.07. The van der Waals surface area contributed by atoms with Crippen LogP contribution in [0.3, 0.4) is 0 Å². The van der Waals surface area contributed by atoms with Crippen LogP contribution in [0.25, 0.3) is 11.1 Å². The molecule has 2 aromatic heterocycles. The second-order valence-corrected chi connectivity index (χ2v) is 10.2. The number of anilines is 1. The summed E-state index contributed by atoms with van der Waals surface area (Å²) in [6, 6.07) is 9.07. The van der Waals surface area contributed by atoms with Gasteiger partial charge < -0.3 is 0 Å². The van der Waals surface area contributed by atoms with Gasteiger partial charge >= 0.3 is 10.1 Å². The van der Waals surface area contributed by atoms with Crippen molar-refractivity contribution in [1.29, 1.82) is 0 Å². The Morgan fingerprint density at radius 2 is 1.80 bits per heavy atom. The van der Waals surface area contributed by atoms with Gasteiger partial charge in [0, 0.05) is 28.1 Å². The zero-order chi connectivity index (χ0) is 21.6. The molecule has 0 aliphatic carbocycles. The first-order valence-corrected chi connectivity index (χ1v) is 11.7. The Kier molecular flexibility index (Phi) is 5.21. The van der Waals surface area contributed by atoms with Gasteiger partial charge in [0.1, 0.15) is 11.6 Å². The van der Waals surface area contributed by atoms with Crippen molar-refractivity contribution < 1.29 is 17.8 Å². The van der Waals surface area contributed by atoms with Gasteiger partial charge in [0.25, 0.3) is 0 Å². The quantitative estimate of drug-likeness (QED) is 0.615. The largest absolute Gasteiger partial charge is 0.304 e. The molecule has 156 valence electrons. The van der Waals surface area contributed by atoms with Crippen LogP contribution in [0.4, 0.5) is 5.82 Å². The highest BCUT2D eigenvalue weighted by Gasteiger charge is 2.28. The van der Waals surface area contributed by atoms with Crippen LogP contribution >= 0.6 is 11.3 Å². The fraction of sp³-hybridized carbons (Fsp3) is 0.286. The van der Waals surface area contributed by atoms with E-state index >= 15 is 0 Å². The van der Waals surface area contributed by atoms with Gasteiger partial charge in [0.15, 0.2) is 4.21 Å². The van der Waals surface area contributed by atoms with Gasteiger partial charge in [-0.05, 0) is 44.4 Å². The molecular weight excluding hydrogens is 422 g/mol. The lowest BCUT2D eigenvalue weighted by atomic mass is 10.0. The number of fused-ring (bicyclic) bond motifs is 1. The van der Waals surface area contributed by atoms with Gasteiger partial charge in [-0.1, -0.05) is 24.3 Å². The number of hydrogen-bond acceptors (Lipinski definition) is 6. The molecule has 0 radical (unpaired) electrons. The minimum Gasteiger partial charge on any atom is -0.292 e. The number of carbonyl (C=O) groups is 1. The van der Waals surface area contributed by atoms with Gasteiger partial charge in [-0.15, -0.1) is 11.3 Å². The molecule has 1 N–H and O–H groups in total. The van der Waals surface area contributed by atoms with E-state index in [2.05, 4.69) is 9.97 Å². The molecule has 1 aliphatic heterocycles. The summed E-state index contributed by atoms with van der Waals surface area (Å²) in [4.78, 5) is 24.0. The second kappa shape index (κ2) is 7.57. The lowest BCUT2D eigenvalue weighted by Crippen LogP contribution is -2.36. The summed E-state index contributed by atoms with van der Waals surface area (Å²) in [6.45, 7) is 5.92. The summed E-state index contributed by atoms with van der Waals surface area (Å²) in [5, 5.41) is 0. The normalized spacial score (nSPS) is 14.1. The Hall–Kier alpha value is -2.62. The Morgan fingerprint density at radius 3 is 2.47 bits per heavy atom. The molecule has 0 unspecified atom stereocenters. The highest BCUT2D eigenvalue weighted by molar-refractivity contribution is 7.88. The fourth-order valence-electron chi connectivity index (χ4n) is 3.74. The van der Waals surface area contributed by atoms with E-state index in [0.717, 1.165) is 33.0 Å². The number of aryl methyl sites for hydroxylation is 3. The van der Waals surface area contributed by atoms with E-state index in [9.17, 15) is 17.8 Å². The highest BCUT2D eigenvalue weighted by atomic mass is 32.3. The summed E-state index contributed by atoms with van der Waals surface area (Å²) in [7, 11) is -4.29. The van der Waals surface area contributed by atoms with Crippen LogP contribution in [-0.2, 0) is 27.9 Å². The van der Waals surface area contributed by atoms with Crippen LogP contribution in [0.5, 0.6) is 0 Å². The molecule has 0 spiro atoms. The number of thiophene rings is 1. The fourth-order valence-corrected chi connectivity index (χ4v) is 5.77.